The molecule has 0 aliphatic carbocycles. The van der Waals surface area contributed by atoms with Crippen LogP contribution in [0.25, 0.3) is 22.2 Å². The van der Waals surface area contributed by atoms with Crippen molar-refractivity contribution in [3.63, 3.8) is 0 Å². The Kier molecular flexibility index (Phi) is 5.75. The van der Waals surface area contributed by atoms with E-state index in [1.54, 1.807) is 31.4 Å². The number of fused-ring (bicyclic) bond motifs is 1. The number of phenolic OH excluding ortho intramolecular Hbond substituents is 1. The largest absolute Gasteiger partial charge is 0.508 e. The molecule has 2 heterocycles. The second-order valence-corrected chi connectivity index (χ2v) is 9.61. The van der Waals surface area contributed by atoms with Crippen molar-refractivity contribution in [2.45, 2.75) is 19.9 Å². The average Bonchev–Trinajstić information content (AvgIpc) is 3.25. The Hall–Kier alpha value is -3.59. The Morgan fingerprint density at radius 2 is 1.91 bits per heavy atom. The van der Waals surface area contributed by atoms with Gasteiger partial charge in [-0.05, 0) is 47.9 Å². The van der Waals surface area contributed by atoms with E-state index in [1.165, 1.54) is 10.6 Å². The molecule has 8 nitrogen and oxygen atoms in total. The highest BCUT2D eigenvalue weighted by atomic mass is 32.2. The highest BCUT2D eigenvalue weighted by Crippen LogP contribution is 2.31. The molecule has 0 unspecified atom stereocenters. The Morgan fingerprint density at radius 1 is 1.12 bits per heavy atom. The molecule has 166 valence electrons. The molecular weight excluding hydrogens is 426 g/mol. The summed E-state index contributed by atoms with van der Waals surface area (Å²) in [7, 11) is -1.85. The first-order chi connectivity index (χ1) is 15.3. The molecule has 0 radical (unpaired) electrons. The van der Waals surface area contributed by atoms with E-state index in [9.17, 15) is 13.5 Å². The van der Waals surface area contributed by atoms with Crippen LogP contribution in [0.3, 0.4) is 0 Å². The first-order valence-corrected chi connectivity index (χ1v) is 12.0. The summed E-state index contributed by atoms with van der Waals surface area (Å²) in [6.07, 6.45) is 3.64. The van der Waals surface area contributed by atoms with Crippen LogP contribution in [0.2, 0.25) is 0 Å². The molecule has 0 atom stereocenters. The zero-order valence-electron chi connectivity index (χ0n) is 18.1. The number of hydrogen-bond acceptors (Lipinski definition) is 6. The summed E-state index contributed by atoms with van der Waals surface area (Å²) in [5, 5.41) is 21.2. The SMILES string of the molecule is CCc1cc(O)ccc1-c1cc2[nH]ncc2c(NCc2ccccc2N(C)S(C)(=O)=O)n1. The summed E-state index contributed by atoms with van der Waals surface area (Å²) in [6.45, 7) is 2.41. The van der Waals surface area contributed by atoms with Gasteiger partial charge in [0.1, 0.15) is 11.6 Å². The fourth-order valence-electron chi connectivity index (χ4n) is 3.66. The maximum absolute atomic E-state index is 12.0. The summed E-state index contributed by atoms with van der Waals surface area (Å²) in [6, 6.07) is 14.5. The minimum absolute atomic E-state index is 0.221. The van der Waals surface area contributed by atoms with Crippen LogP contribution in [0.15, 0.2) is 54.7 Å². The number of para-hydroxylation sites is 1. The van der Waals surface area contributed by atoms with Gasteiger partial charge in [0.05, 0.1) is 34.7 Å². The Balaban J connectivity index is 1.72. The van der Waals surface area contributed by atoms with Crippen LogP contribution in [-0.2, 0) is 23.0 Å². The lowest BCUT2D eigenvalue weighted by atomic mass is 10.0. The van der Waals surface area contributed by atoms with Crippen LogP contribution >= 0.6 is 0 Å². The number of aromatic hydroxyl groups is 1. The van der Waals surface area contributed by atoms with Crippen molar-refractivity contribution in [2.24, 2.45) is 0 Å². The highest BCUT2D eigenvalue weighted by Gasteiger charge is 2.17. The molecule has 32 heavy (non-hydrogen) atoms. The molecule has 3 N–H and O–H groups in total. The summed E-state index contributed by atoms with van der Waals surface area (Å²) in [4.78, 5) is 4.84. The van der Waals surface area contributed by atoms with Gasteiger partial charge in [0.2, 0.25) is 10.0 Å². The molecule has 0 aliphatic heterocycles. The molecule has 0 saturated carbocycles. The van der Waals surface area contributed by atoms with Gasteiger partial charge in [0.15, 0.2) is 0 Å². The number of sulfonamides is 1. The predicted octanol–water partition coefficient (Wildman–Crippen LogP) is 3.90. The third-order valence-electron chi connectivity index (χ3n) is 5.46. The van der Waals surface area contributed by atoms with Crippen LogP contribution in [0.5, 0.6) is 5.75 Å². The summed E-state index contributed by atoms with van der Waals surface area (Å²) in [5.41, 5.74) is 4.93. The Morgan fingerprint density at radius 3 is 2.66 bits per heavy atom. The topological polar surface area (TPSA) is 111 Å². The minimum atomic E-state index is -3.39. The lowest BCUT2D eigenvalue weighted by Crippen LogP contribution is -2.26. The molecule has 0 aliphatic rings. The van der Waals surface area contributed by atoms with Crippen molar-refractivity contribution in [1.29, 1.82) is 0 Å². The van der Waals surface area contributed by atoms with E-state index in [-0.39, 0.29) is 5.75 Å². The molecule has 4 aromatic rings. The van der Waals surface area contributed by atoms with Crippen molar-refractivity contribution < 1.29 is 13.5 Å². The van der Waals surface area contributed by atoms with Gasteiger partial charge >= 0.3 is 0 Å². The van der Waals surface area contributed by atoms with Gasteiger partial charge in [0, 0.05) is 19.2 Å². The smallest absolute Gasteiger partial charge is 0.232 e. The number of benzene rings is 2. The fraction of sp³-hybridized carbons (Fsp3) is 0.217. The second-order valence-electron chi connectivity index (χ2n) is 7.60. The van der Waals surface area contributed by atoms with E-state index < -0.39 is 10.0 Å². The summed E-state index contributed by atoms with van der Waals surface area (Å²) in [5.74, 6) is 0.858. The average molecular weight is 452 g/mol. The van der Waals surface area contributed by atoms with Gasteiger partial charge in [-0.2, -0.15) is 5.10 Å². The third kappa shape index (κ3) is 4.24. The quantitative estimate of drug-likeness (QED) is 0.393. The lowest BCUT2D eigenvalue weighted by molar-refractivity contribution is 0.474. The maximum Gasteiger partial charge on any atom is 0.232 e. The number of nitrogens with one attached hydrogen (secondary N) is 2. The van der Waals surface area contributed by atoms with E-state index in [0.29, 0.717) is 18.1 Å². The highest BCUT2D eigenvalue weighted by molar-refractivity contribution is 7.92. The van der Waals surface area contributed by atoms with Crippen LogP contribution in [0, 0.1) is 0 Å². The van der Waals surface area contributed by atoms with E-state index in [4.69, 9.17) is 4.98 Å². The molecular formula is C23H25N5O3S. The van der Waals surface area contributed by atoms with Crippen LogP contribution in [0.4, 0.5) is 11.5 Å². The first kappa shape index (κ1) is 21.6. The number of rotatable bonds is 7. The monoisotopic (exact) mass is 451 g/mol. The van der Waals surface area contributed by atoms with Crippen LogP contribution < -0.4 is 9.62 Å². The molecule has 0 amide bonds. The number of phenols is 1. The van der Waals surface area contributed by atoms with Crippen molar-refractivity contribution in [3.8, 4) is 17.0 Å². The van der Waals surface area contributed by atoms with Crippen molar-refractivity contribution in [1.82, 2.24) is 15.2 Å². The zero-order chi connectivity index (χ0) is 22.9. The van der Waals surface area contributed by atoms with Crippen molar-refractivity contribution >= 4 is 32.4 Å². The first-order valence-electron chi connectivity index (χ1n) is 10.2. The van der Waals surface area contributed by atoms with Gasteiger partial charge in [-0.25, -0.2) is 13.4 Å². The number of aromatic nitrogens is 3. The molecule has 0 fully saturated rings. The van der Waals surface area contributed by atoms with Gasteiger partial charge < -0.3 is 10.4 Å². The van der Waals surface area contributed by atoms with Gasteiger partial charge in [0.25, 0.3) is 0 Å². The predicted molar refractivity (Wildman–Crippen MR) is 127 cm³/mol. The molecule has 0 bridgehead atoms. The molecule has 4 rings (SSSR count). The standard InChI is InChI=1S/C23H25N5O3S/c1-4-15-11-17(29)9-10-18(15)20-12-21-19(14-25-27-21)23(26-20)24-13-16-7-5-6-8-22(16)28(2)32(3,30)31/h5-12,14,29H,4,13H2,1-3H3,(H,24,26)(H,25,27). The van der Waals surface area contributed by atoms with Crippen LogP contribution in [0.1, 0.15) is 18.1 Å². The Bertz CT molecular complexity index is 1380. The second kappa shape index (κ2) is 8.51. The van der Waals surface area contributed by atoms with Gasteiger partial charge in [-0.15, -0.1) is 0 Å². The number of anilines is 2. The Labute approximate surface area is 187 Å². The van der Waals surface area contributed by atoms with E-state index in [0.717, 1.165) is 39.7 Å². The third-order valence-corrected chi connectivity index (χ3v) is 6.65. The molecule has 0 saturated heterocycles. The maximum atomic E-state index is 12.0. The van der Waals surface area contributed by atoms with E-state index in [2.05, 4.69) is 15.5 Å². The molecule has 2 aromatic heterocycles. The van der Waals surface area contributed by atoms with E-state index >= 15 is 0 Å². The lowest BCUT2D eigenvalue weighted by Gasteiger charge is -2.20. The number of aryl methyl sites for hydroxylation is 1. The number of H-pyrrole nitrogens is 1. The normalized spacial score (nSPS) is 11.6. The zero-order valence-corrected chi connectivity index (χ0v) is 18.9. The molecule has 0 spiro atoms. The minimum Gasteiger partial charge on any atom is -0.508 e. The number of nitrogens with zero attached hydrogens (tertiary/aromatic N) is 3. The summed E-state index contributed by atoms with van der Waals surface area (Å²) < 4.78 is 25.4. The number of aromatic amines is 1. The molecule has 9 heteroatoms. The summed E-state index contributed by atoms with van der Waals surface area (Å²) >= 11 is 0. The number of pyridine rings is 1. The van der Waals surface area contributed by atoms with Gasteiger partial charge in [-0.1, -0.05) is 25.1 Å². The van der Waals surface area contributed by atoms with Gasteiger partial charge in [-0.3, -0.25) is 9.40 Å². The fourth-order valence-corrected chi connectivity index (χ4v) is 4.20. The van der Waals surface area contributed by atoms with Crippen LogP contribution in [-0.4, -0.2) is 42.0 Å². The van der Waals surface area contributed by atoms with E-state index in [1.807, 2.05) is 37.3 Å². The van der Waals surface area contributed by atoms with Crippen molar-refractivity contribution in [3.05, 3.63) is 65.9 Å². The number of hydrogen-bond donors (Lipinski definition) is 3. The molecule has 2 aromatic carbocycles. The van der Waals surface area contributed by atoms with Crippen molar-refractivity contribution in [2.75, 3.05) is 22.9 Å².